The van der Waals surface area contributed by atoms with Gasteiger partial charge in [-0.15, -0.1) is 0 Å². The van der Waals surface area contributed by atoms with Crippen LogP contribution in [-0.4, -0.2) is 52.0 Å². The summed E-state index contributed by atoms with van der Waals surface area (Å²) in [5.41, 5.74) is -0.367. The summed E-state index contributed by atoms with van der Waals surface area (Å²) < 4.78 is 31.9. The van der Waals surface area contributed by atoms with Crippen LogP contribution >= 0.6 is 0 Å². The Labute approximate surface area is 188 Å². The predicted molar refractivity (Wildman–Crippen MR) is 115 cm³/mol. The Morgan fingerprint density at radius 3 is 2.28 bits per heavy atom. The Bertz CT molecular complexity index is 859. The average molecular weight is 446 g/mol. The maximum Gasteiger partial charge on any atom is 0.410 e. The number of ether oxygens (including phenoxy) is 3. The molecule has 1 unspecified atom stereocenters. The van der Waals surface area contributed by atoms with Gasteiger partial charge in [-0.05, 0) is 72.1 Å². The highest BCUT2D eigenvalue weighted by atomic mass is 19.1. The molecule has 3 heterocycles. The number of carbonyl (C=O) groups is 1. The number of nitrogens with zero attached hydrogens (tertiary/aromatic N) is 3. The lowest BCUT2D eigenvalue weighted by molar-refractivity contribution is -0.0814. The zero-order valence-electron chi connectivity index (χ0n) is 19.1. The molecule has 0 radical (unpaired) electrons. The second-order valence-corrected chi connectivity index (χ2v) is 10.1. The summed E-state index contributed by atoms with van der Waals surface area (Å²) >= 11 is 0. The van der Waals surface area contributed by atoms with Crippen LogP contribution < -0.4 is 4.74 Å². The average Bonchev–Trinajstić information content (AvgIpc) is 3.00. The quantitative estimate of drug-likeness (QED) is 0.666. The van der Waals surface area contributed by atoms with E-state index in [9.17, 15) is 9.18 Å². The van der Waals surface area contributed by atoms with Gasteiger partial charge in [-0.25, -0.2) is 9.18 Å². The largest absolute Gasteiger partial charge is 0.486 e. The van der Waals surface area contributed by atoms with Crippen molar-refractivity contribution in [2.45, 2.75) is 108 Å². The summed E-state index contributed by atoms with van der Waals surface area (Å²) in [5.74, 6) is -0.604. The fourth-order valence-corrected chi connectivity index (χ4v) is 5.20. The number of rotatable bonds is 4. The fourth-order valence-electron chi connectivity index (χ4n) is 5.20. The minimum absolute atomic E-state index is 0.00189. The van der Waals surface area contributed by atoms with Crippen LogP contribution in [0.5, 0.6) is 5.75 Å². The van der Waals surface area contributed by atoms with Gasteiger partial charge in [-0.1, -0.05) is 0 Å². The molecule has 1 aromatic heterocycles. The van der Waals surface area contributed by atoms with Gasteiger partial charge in [0.05, 0.1) is 24.5 Å². The smallest absolute Gasteiger partial charge is 0.410 e. The van der Waals surface area contributed by atoms with Gasteiger partial charge >= 0.3 is 6.09 Å². The molecule has 174 valence electrons. The summed E-state index contributed by atoms with van der Waals surface area (Å²) in [6.45, 7) is 5.69. The van der Waals surface area contributed by atoms with Crippen molar-refractivity contribution in [1.29, 1.82) is 5.26 Å². The zero-order valence-corrected chi connectivity index (χ0v) is 19.1. The van der Waals surface area contributed by atoms with Crippen LogP contribution in [-0.2, 0) is 9.47 Å². The second-order valence-electron chi connectivity index (χ2n) is 10.1. The normalized spacial score (nSPS) is 30.0. The SMILES string of the molecule is CC(C)(C)OC(=O)N1[C@@H]2CC[C@H]1CC(OC1CCC(Oc3c(F)cncc3C#N)CC1)C2. The lowest BCUT2D eigenvalue weighted by Gasteiger charge is -2.41. The zero-order chi connectivity index (χ0) is 22.9. The number of fused-ring (bicyclic) bond motifs is 2. The first-order valence-electron chi connectivity index (χ1n) is 11.6. The third kappa shape index (κ3) is 5.15. The molecule has 8 heteroatoms. The Morgan fingerprint density at radius 1 is 1.06 bits per heavy atom. The molecule has 1 aromatic rings. The minimum atomic E-state index is -0.602. The van der Waals surface area contributed by atoms with Crippen LogP contribution in [0.3, 0.4) is 0 Å². The molecular weight excluding hydrogens is 413 g/mol. The lowest BCUT2D eigenvalue weighted by atomic mass is 9.93. The van der Waals surface area contributed by atoms with Crippen molar-refractivity contribution in [2.75, 3.05) is 0 Å². The standard InChI is InChI=1S/C24H32FN3O4/c1-24(2,3)32-23(29)28-16-4-5-17(28)11-20(10-16)30-18-6-8-19(9-7-18)31-22-15(12-26)13-27-14-21(22)25/h13-14,16-20H,4-11H2,1-3H3/t16-,17+,18?,19?,20?. The molecule has 1 amide bonds. The van der Waals surface area contributed by atoms with Crippen LogP contribution in [0.4, 0.5) is 9.18 Å². The van der Waals surface area contributed by atoms with Crippen molar-refractivity contribution in [3.8, 4) is 11.8 Å². The maximum atomic E-state index is 14.0. The van der Waals surface area contributed by atoms with E-state index in [4.69, 9.17) is 19.5 Å². The van der Waals surface area contributed by atoms with Crippen LogP contribution in [0.25, 0.3) is 0 Å². The number of hydrogen-bond acceptors (Lipinski definition) is 6. The Balaban J connectivity index is 1.26. The molecule has 4 rings (SSSR count). The molecule has 2 aliphatic heterocycles. The summed E-state index contributed by atoms with van der Waals surface area (Å²) in [4.78, 5) is 18.3. The molecule has 3 atom stereocenters. The van der Waals surface area contributed by atoms with Crippen LogP contribution in [0.1, 0.15) is 77.7 Å². The monoisotopic (exact) mass is 445 g/mol. The molecular formula is C24H32FN3O4. The van der Waals surface area contributed by atoms with Crippen molar-refractivity contribution >= 4 is 6.09 Å². The fraction of sp³-hybridized carbons (Fsp3) is 0.708. The number of hydrogen-bond donors (Lipinski definition) is 0. The van der Waals surface area contributed by atoms with Crippen LogP contribution in [0.2, 0.25) is 0 Å². The molecule has 3 fully saturated rings. The van der Waals surface area contributed by atoms with Gasteiger partial charge < -0.3 is 19.1 Å². The summed E-state index contributed by atoms with van der Waals surface area (Å²) in [6, 6.07) is 2.31. The number of nitriles is 1. The maximum absolute atomic E-state index is 14.0. The van der Waals surface area contributed by atoms with E-state index in [0.29, 0.717) is 0 Å². The Morgan fingerprint density at radius 2 is 1.69 bits per heavy atom. The van der Waals surface area contributed by atoms with E-state index in [-0.39, 0.29) is 47.8 Å². The van der Waals surface area contributed by atoms with E-state index in [1.54, 1.807) is 0 Å². The van der Waals surface area contributed by atoms with E-state index in [0.717, 1.165) is 57.6 Å². The van der Waals surface area contributed by atoms with E-state index in [1.165, 1.54) is 6.20 Å². The van der Waals surface area contributed by atoms with Gasteiger partial charge in [0.25, 0.3) is 0 Å². The molecule has 0 N–H and O–H groups in total. The van der Waals surface area contributed by atoms with Gasteiger partial charge in [-0.3, -0.25) is 4.98 Å². The van der Waals surface area contributed by atoms with Gasteiger partial charge in [0.1, 0.15) is 17.2 Å². The minimum Gasteiger partial charge on any atom is -0.486 e. The van der Waals surface area contributed by atoms with E-state index in [1.807, 2.05) is 31.7 Å². The van der Waals surface area contributed by atoms with Gasteiger partial charge in [0, 0.05) is 18.3 Å². The van der Waals surface area contributed by atoms with Crippen molar-refractivity contribution < 1.29 is 23.4 Å². The highest BCUT2D eigenvalue weighted by Crippen LogP contribution is 2.39. The topological polar surface area (TPSA) is 84.7 Å². The molecule has 0 aromatic carbocycles. The van der Waals surface area contributed by atoms with Crippen molar-refractivity contribution in [3.05, 3.63) is 23.8 Å². The number of pyridine rings is 1. The Kier molecular flexibility index (Phi) is 6.57. The van der Waals surface area contributed by atoms with Crippen LogP contribution in [0.15, 0.2) is 12.4 Å². The number of carbonyl (C=O) groups excluding carboxylic acids is 1. The number of halogens is 1. The molecule has 3 aliphatic rings. The van der Waals surface area contributed by atoms with E-state index < -0.39 is 11.4 Å². The van der Waals surface area contributed by atoms with Gasteiger partial charge in [0.2, 0.25) is 0 Å². The third-order valence-corrected chi connectivity index (χ3v) is 6.56. The molecule has 0 spiro atoms. The first kappa shape index (κ1) is 22.8. The highest BCUT2D eigenvalue weighted by molar-refractivity contribution is 5.69. The molecule has 32 heavy (non-hydrogen) atoms. The number of amides is 1. The number of aromatic nitrogens is 1. The van der Waals surface area contributed by atoms with Crippen molar-refractivity contribution in [2.24, 2.45) is 0 Å². The Hall–Kier alpha value is -2.40. The molecule has 2 saturated heterocycles. The van der Waals surface area contributed by atoms with Crippen LogP contribution in [0, 0.1) is 17.1 Å². The first-order valence-corrected chi connectivity index (χ1v) is 11.6. The second kappa shape index (κ2) is 9.22. The van der Waals surface area contributed by atoms with Gasteiger partial charge in [-0.2, -0.15) is 5.26 Å². The highest BCUT2D eigenvalue weighted by Gasteiger charge is 2.45. The van der Waals surface area contributed by atoms with Crippen molar-refractivity contribution in [1.82, 2.24) is 9.88 Å². The first-order chi connectivity index (χ1) is 15.2. The molecule has 1 aliphatic carbocycles. The van der Waals surface area contributed by atoms with Gasteiger partial charge in [0.15, 0.2) is 11.6 Å². The molecule has 1 saturated carbocycles. The third-order valence-electron chi connectivity index (χ3n) is 6.56. The van der Waals surface area contributed by atoms with Crippen molar-refractivity contribution in [3.63, 3.8) is 0 Å². The summed E-state index contributed by atoms with van der Waals surface area (Å²) in [5, 5.41) is 9.16. The van der Waals surface area contributed by atoms with E-state index in [2.05, 4.69) is 4.98 Å². The number of piperidine rings is 1. The molecule has 2 bridgehead atoms. The molecule has 7 nitrogen and oxygen atoms in total. The van der Waals surface area contributed by atoms with E-state index >= 15 is 0 Å². The summed E-state index contributed by atoms with van der Waals surface area (Å²) in [7, 11) is 0. The predicted octanol–water partition coefficient (Wildman–Crippen LogP) is 4.73. The lowest BCUT2D eigenvalue weighted by Crippen LogP contribution is -2.50. The summed E-state index contributed by atoms with van der Waals surface area (Å²) in [6.07, 6.45) is 9.22.